The Morgan fingerprint density at radius 2 is 2.05 bits per heavy atom. The fourth-order valence-electron chi connectivity index (χ4n) is 2.90. The van der Waals surface area contributed by atoms with Gasteiger partial charge in [0.25, 0.3) is 0 Å². The minimum atomic E-state index is 0.00990. The van der Waals surface area contributed by atoms with Gasteiger partial charge in [-0.1, -0.05) is 30.8 Å². The first-order valence-electron chi connectivity index (χ1n) is 7.43. The summed E-state index contributed by atoms with van der Waals surface area (Å²) in [5.74, 6) is 0.00990. The van der Waals surface area contributed by atoms with Crippen LogP contribution in [0, 0.1) is 0 Å². The van der Waals surface area contributed by atoms with Crippen molar-refractivity contribution in [3.05, 3.63) is 29.8 Å². The van der Waals surface area contributed by atoms with Crippen molar-refractivity contribution in [1.29, 1.82) is 0 Å². The first kappa shape index (κ1) is 15.9. The molecule has 1 saturated heterocycles. The van der Waals surface area contributed by atoms with E-state index in [1.54, 1.807) is 0 Å². The van der Waals surface area contributed by atoms with Crippen LogP contribution in [0.2, 0.25) is 0 Å². The quantitative estimate of drug-likeness (QED) is 0.839. The molecule has 2 atom stereocenters. The number of benzene rings is 1. The number of nitrogens with two attached hydrogens (primary N) is 1. The Bertz CT molecular complexity index is 522. The van der Waals surface area contributed by atoms with Gasteiger partial charge in [0.05, 0.1) is 6.54 Å². The fraction of sp³-hybridized carbons (Fsp3) is 0.500. The molecule has 1 amide bonds. The number of piperidine rings is 1. The van der Waals surface area contributed by atoms with E-state index in [1.165, 1.54) is 6.42 Å². The number of anilines is 1. The average molecular weight is 305 g/mol. The first-order chi connectivity index (χ1) is 9.97. The Kier molecular flexibility index (Phi) is 5.31. The molecule has 1 aliphatic heterocycles. The minimum Gasteiger partial charge on any atom is -0.389 e. The summed E-state index contributed by atoms with van der Waals surface area (Å²) in [7, 11) is 0. The number of carbonyl (C=O) groups is 1. The standard InChI is InChI=1S/C16H23N3OS/c1-11-5-3-6-12(2)19(11)10-15(20)18-14-8-4-7-13(9-14)16(17)21/h4,7-9,11-12H,3,5-6,10H2,1-2H3,(H2,17,21)(H,18,20)/t11-,12+. The zero-order valence-corrected chi connectivity index (χ0v) is 13.5. The van der Waals surface area contributed by atoms with Crippen LogP contribution in [0.1, 0.15) is 38.7 Å². The lowest BCUT2D eigenvalue weighted by molar-refractivity contribution is -0.118. The highest BCUT2D eigenvalue weighted by atomic mass is 32.1. The number of nitrogens with one attached hydrogen (secondary N) is 1. The van der Waals surface area contributed by atoms with E-state index in [9.17, 15) is 4.79 Å². The highest BCUT2D eigenvalue weighted by molar-refractivity contribution is 7.80. The van der Waals surface area contributed by atoms with Crippen LogP contribution in [0.5, 0.6) is 0 Å². The zero-order valence-electron chi connectivity index (χ0n) is 12.6. The van der Waals surface area contributed by atoms with Crippen molar-refractivity contribution in [3.8, 4) is 0 Å². The number of rotatable bonds is 4. The number of amides is 1. The first-order valence-corrected chi connectivity index (χ1v) is 7.83. The van der Waals surface area contributed by atoms with Gasteiger partial charge < -0.3 is 11.1 Å². The van der Waals surface area contributed by atoms with Crippen molar-refractivity contribution in [1.82, 2.24) is 4.90 Å². The van der Waals surface area contributed by atoms with E-state index in [4.69, 9.17) is 18.0 Å². The van der Waals surface area contributed by atoms with Gasteiger partial charge in [-0.05, 0) is 38.8 Å². The summed E-state index contributed by atoms with van der Waals surface area (Å²) in [6.45, 7) is 4.81. The predicted octanol–water partition coefficient (Wildman–Crippen LogP) is 2.52. The van der Waals surface area contributed by atoms with Gasteiger partial charge in [-0.15, -0.1) is 0 Å². The molecule has 0 unspecified atom stereocenters. The fourth-order valence-corrected chi connectivity index (χ4v) is 3.03. The topological polar surface area (TPSA) is 58.4 Å². The third-order valence-electron chi connectivity index (χ3n) is 4.13. The number of carbonyl (C=O) groups excluding carboxylic acids is 1. The lowest BCUT2D eigenvalue weighted by atomic mass is 9.97. The molecule has 0 aliphatic carbocycles. The largest absolute Gasteiger partial charge is 0.389 e. The van der Waals surface area contributed by atoms with Gasteiger partial charge in [-0.2, -0.15) is 0 Å². The highest BCUT2D eigenvalue weighted by Gasteiger charge is 2.26. The van der Waals surface area contributed by atoms with Gasteiger partial charge in [0.2, 0.25) is 5.91 Å². The van der Waals surface area contributed by atoms with Gasteiger partial charge in [-0.25, -0.2) is 0 Å². The highest BCUT2D eigenvalue weighted by Crippen LogP contribution is 2.22. The molecule has 0 aromatic heterocycles. The van der Waals surface area contributed by atoms with E-state index in [1.807, 2.05) is 24.3 Å². The normalized spacial score (nSPS) is 22.8. The van der Waals surface area contributed by atoms with Crippen molar-refractivity contribution in [2.24, 2.45) is 5.73 Å². The summed E-state index contributed by atoms with van der Waals surface area (Å²) in [6.07, 6.45) is 3.57. The third-order valence-corrected chi connectivity index (χ3v) is 4.37. The van der Waals surface area contributed by atoms with Crippen molar-refractivity contribution >= 4 is 28.8 Å². The van der Waals surface area contributed by atoms with E-state index in [0.717, 1.165) is 24.1 Å². The Labute approximate surface area is 131 Å². The predicted molar refractivity (Wildman–Crippen MR) is 90.4 cm³/mol. The molecule has 1 aliphatic rings. The molecule has 0 bridgehead atoms. The molecule has 1 heterocycles. The van der Waals surface area contributed by atoms with Crippen molar-refractivity contribution in [2.45, 2.75) is 45.2 Å². The molecule has 1 aromatic carbocycles. The Balaban J connectivity index is 1.98. The summed E-state index contributed by atoms with van der Waals surface area (Å²) >= 11 is 4.95. The Hall–Kier alpha value is -1.46. The molecule has 2 rings (SSSR count). The molecule has 5 heteroatoms. The summed E-state index contributed by atoms with van der Waals surface area (Å²) in [5, 5.41) is 2.93. The SMILES string of the molecule is C[C@@H]1CCC[C@H](C)N1CC(=O)Nc1cccc(C(N)=S)c1. The minimum absolute atomic E-state index is 0.00990. The van der Waals surface area contributed by atoms with Gasteiger partial charge in [0.1, 0.15) is 4.99 Å². The van der Waals surface area contributed by atoms with Gasteiger partial charge >= 0.3 is 0 Å². The van der Waals surface area contributed by atoms with Crippen molar-refractivity contribution < 1.29 is 4.79 Å². The van der Waals surface area contributed by atoms with Gasteiger partial charge in [0, 0.05) is 23.3 Å². The second-order valence-electron chi connectivity index (χ2n) is 5.79. The average Bonchev–Trinajstić information content (AvgIpc) is 2.43. The summed E-state index contributed by atoms with van der Waals surface area (Å²) in [5.41, 5.74) is 7.11. The molecule has 114 valence electrons. The van der Waals surface area contributed by atoms with E-state index < -0.39 is 0 Å². The summed E-state index contributed by atoms with van der Waals surface area (Å²) < 4.78 is 0. The molecule has 4 nitrogen and oxygen atoms in total. The number of likely N-dealkylation sites (tertiary alicyclic amines) is 1. The lowest BCUT2D eigenvalue weighted by Crippen LogP contribution is -2.47. The maximum Gasteiger partial charge on any atom is 0.238 e. The molecule has 1 fully saturated rings. The van der Waals surface area contributed by atoms with Gasteiger partial charge in [0.15, 0.2) is 0 Å². The van der Waals surface area contributed by atoms with Crippen LogP contribution in [0.3, 0.4) is 0 Å². The van der Waals surface area contributed by atoms with Crippen LogP contribution in [-0.2, 0) is 4.79 Å². The smallest absolute Gasteiger partial charge is 0.238 e. The second kappa shape index (κ2) is 7.00. The van der Waals surface area contributed by atoms with Crippen LogP contribution in [0.4, 0.5) is 5.69 Å². The molecular weight excluding hydrogens is 282 g/mol. The molecule has 0 saturated carbocycles. The van der Waals surface area contributed by atoms with E-state index in [0.29, 0.717) is 23.6 Å². The van der Waals surface area contributed by atoms with E-state index in [-0.39, 0.29) is 5.91 Å². The number of nitrogens with zero attached hydrogens (tertiary/aromatic N) is 1. The maximum absolute atomic E-state index is 12.2. The van der Waals surface area contributed by atoms with Crippen LogP contribution < -0.4 is 11.1 Å². The number of thiocarbonyl (C=S) groups is 1. The second-order valence-corrected chi connectivity index (χ2v) is 6.23. The van der Waals surface area contributed by atoms with E-state index in [2.05, 4.69) is 24.1 Å². The van der Waals surface area contributed by atoms with Crippen LogP contribution in [0.25, 0.3) is 0 Å². The van der Waals surface area contributed by atoms with E-state index >= 15 is 0 Å². The Morgan fingerprint density at radius 3 is 2.67 bits per heavy atom. The monoisotopic (exact) mass is 305 g/mol. The summed E-state index contributed by atoms with van der Waals surface area (Å²) in [6, 6.07) is 8.26. The molecule has 1 aromatic rings. The van der Waals surface area contributed by atoms with Crippen LogP contribution >= 0.6 is 12.2 Å². The molecule has 21 heavy (non-hydrogen) atoms. The Morgan fingerprint density at radius 1 is 1.38 bits per heavy atom. The maximum atomic E-state index is 12.2. The van der Waals surface area contributed by atoms with Gasteiger partial charge in [-0.3, -0.25) is 9.69 Å². The van der Waals surface area contributed by atoms with Crippen LogP contribution in [-0.4, -0.2) is 34.4 Å². The number of hydrogen-bond donors (Lipinski definition) is 2. The molecule has 3 N–H and O–H groups in total. The summed E-state index contributed by atoms with van der Waals surface area (Å²) in [4.78, 5) is 14.8. The van der Waals surface area contributed by atoms with Crippen LogP contribution in [0.15, 0.2) is 24.3 Å². The zero-order chi connectivity index (χ0) is 15.4. The van der Waals surface area contributed by atoms with Crippen molar-refractivity contribution in [2.75, 3.05) is 11.9 Å². The number of hydrogen-bond acceptors (Lipinski definition) is 3. The van der Waals surface area contributed by atoms with Crippen molar-refractivity contribution in [3.63, 3.8) is 0 Å². The molecule has 0 radical (unpaired) electrons. The third kappa shape index (κ3) is 4.25. The molecular formula is C16H23N3OS. The molecule has 0 spiro atoms. The lowest BCUT2D eigenvalue weighted by Gasteiger charge is -2.38.